The van der Waals surface area contributed by atoms with E-state index in [9.17, 15) is 9.59 Å². The molecule has 4 rings (SSSR count). The summed E-state index contributed by atoms with van der Waals surface area (Å²) in [5, 5.41) is 19.4. The maximum absolute atomic E-state index is 12.7. The molecule has 1 aromatic heterocycles. The van der Waals surface area contributed by atoms with Crippen molar-refractivity contribution >= 4 is 23.3 Å². The fraction of sp³-hybridized carbons (Fsp3) is 0.500. The third-order valence-electron chi connectivity index (χ3n) is 6.41. The highest BCUT2D eigenvalue weighted by Crippen LogP contribution is 2.34. The number of nitrogens with one attached hydrogen (secondary N) is 2. The maximum atomic E-state index is 12.7. The van der Waals surface area contributed by atoms with Crippen LogP contribution in [0, 0.1) is 5.41 Å². The molecule has 4 N–H and O–H groups in total. The number of nitrogens with zero attached hydrogens (tertiary/aromatic N) is 4. The highest BCUT2D eigenvalue weighted by atomic mass is 16.5. The largest absolute Gasteiger partial charge is 0.465 e. The van der Waals surface area contributed by atoms with Gasteiger partial charge in [0.2, 0.25) is 0 Å². The molecule has 2 atom stereocenters. The lowest BCUT2D eigenvalue weighted by Gasteiger charge is -2.36. The Morgan fingerprint density at radius 3 is 2.66 bits per heavy atom. The summed E-state index contributed by atoms with van der Waals surface area (Å²) in [5.41, 5.74) is 7.93. The molecule has 1 aromatic carbocycles. The number of hydrogen-bond donors (Lipinski definition) is 3. The Balaban J connectivity index is 1.40. The number of fused-ring (bicyclic) bond motifs is 2. The summed E-state index contributed by atoms with van der Waals surface area (Å²) >= 11 is 0. The monoisotopic (exact) mass is 439 g/mol. The molecule has 1 amide bonds. The lowest BCUT2D eigenvalue weighted by atomic mass is 9.97. The van der Waals surface area contributed by atoms with Crippen LogP contribution in [0.25, 0.3) is 11.3 Å². The van der Waals surface area contributed by atoms with Crippen molar-refractivity contribution in [1.29, 1.82) is 5.41 Å². The summed E-state index contributed by atoms with van der Waals surface area (Å²) in [6.07, 6.45) is 5.80. The SMILES string of the molecule is CCOC(=O)Cn1cc(-c2ccc(C(=N)C(=O)NC3CC4CCC(C3)N4C)c(N)c2)nn1. The molecule has 2 aliphatic heterocycles. The van der Waals surface area contributed by atoms with Crippen LogP contribution in [0.1, 0.15) is 38.2 Å². The highest BCUT2D eigenvalue weighted by Gasteiger charge is 2.39. The second-order valence-corrected chi connectivity index (χ2v) is 8.48. The number of carbonyl (C=O) groups excluding carboxylic acids is 2. The topological polar surface area (TPSA) is 139 Å². The molecule has 0 radical (unpaired) electrons. The number of carbonyl (C=O) groups is 2. The number of nitrogen functional groups attached to an aromatic ring is 1. The zero-order chi connectivity index (χ0) is 22.8. The van der Waals surface area contributed by atoms with Gasteiger partial charge in [-0.15, -0.1) is 5.10 Å². The van der Waals surface area contributed by atoms with Gasteiger partial charge in [-0.3, -0.25) is 15.0 Å². The summed E-state index contributed by atoms with van der Waals surface area (Å²) < 4.78 is 6.30. The van der Waals surface area contributed by atoms with Crippen LogP contribution in [-0.2, 0) is 20.9 Å². The van der Waals surface area contributed by atoms with Crippen molar-refractivity contribution in [2.75, 3.05) is 19.4 Å². The predicted molar refractivity (Wildman–Crippen MR) is 119 cm³/mol. The molecule has 0 saturated carbocycles. The fourth-order valence-electron chi connectivity index (χ4n) is 4.71. The normalized spacial score (nSPS) is 22.5. The first-order chi connectivity index (χ1) is 15.4. The molecule has 2 unspecified atom stereocenters. The molecule has 2 fully saturated rings. The molecule has 170 valence electrons. The van der Waals surface area contributed by atoms with Gasteiger partial charge in [0, 0.05) is 34.9 Å². The number of piperidine rings is 1. The summed E-state index contributed by atoms with van der Waals surface area (Å²) in [6, 6.07) is 6.15. The van der Waals surface area contributed by atoms with Gasteiger partial charge in [0.05, 0.1) is 12.8 Å². The Kier molecular flexibility index (Phi) is 6.22. The summed E-state index contributed by atoms with van der Waals surface area (Å²) in [4.78, 5) is 26.7. The van der Waals surface area contributed by atoms with Crippen LogP contribution in [0.4, 0.5) is 5.69 Å². The molecular formula is C22H29N7O3. The Bertz CT molecular complexity index is 1020. The second-order valence-electron chi connectivity index (χ2n) is 8.48. The number of rotatable bonds is 7. The van der Waals surface area contributed by atoms with Crippen LogP contribution in [0.15, 0.2) is 24.4 Å². The van der Waals surface area contributed by atoms with Gasteiger partial charge in [-0.1, -0.05) is 11.3 Å². The first-order valence-electron chi connectivity index (χ1n) is 10.9. The molecule has 2 saturated heterocycles. The van der Waals surface area contributed by atoms with Gasteiger partial charge in [0.25, 0.3) is 5.91 Å². The van der Waals surface area contributed by atoms with E-state index in [1.807, 2.05) is 0 Å². The van der Waals surface area contributed by atoms with E-state index in [1.165, 1.54) is 17.5 Å². The van der Waals surface area contributed by atoms with Gasteiger partial charge in [0.15, 0.2) is 0 Å². The fourth-order valence-corrected chi connectivity index (χ4v) is 4.71. The number of aromatic nitrogens is 3. The minimum atomic E-state index is -0.404. The summed E-state index contributed by atoms with van der Waals surface area (Å²) in [6.45, 7) is 2.01. The first-order valence-corrected chi connectivity index (χ1v) is 10.9. The van der Waals surface area contributed by atoms with Gasteiger partial charge in [-0.05, 0) is 51.8 Å². The molecule has 3 heterocycles. The molecule has 10 nitrogen and oxygen atoms in total. The molecule has 2 aliphatic rings. The zero-order valence-electron chi connectivity index (χ0n) is 18.4. The second kappa shape index (κ2) is 9.07. The molecule has 0 spiro atoms. The maximum Gasteiger partial charge on any atom is 0.327 e. The molecule has 2 bridgehead atoms. The minimum Gasteiger partial charge on any atom is -0.465 e. The van der Waals surface area contributed by atoms with Crippen molar-refractivity contribution in [2.45, 2.75) is 57.3 Å². The number of esters is 1. The third kappa shape index (κ3) is 4.50. The van der Waals surface area contributed by atoms with E-state index in [1.54, 1.807) is 31.3 Å². The number of benzene rings is 1. The van der Waals surface area contributed by atoms with Gasteiger partial charge < -0.3 is 20.7 Å². The Morgan fingerprint density at radius 1 is 1.28 bits per heavy atom. The lowest BCUT2D eigenvalue weighted by molar-refractivity contribution is -0.144. The van der Waals surface area contributed by atoms with Crippen molar-refractivity contribution in [2.24, 2.45) is 0 Å². The van der Waals surface area contributed by atoms with E-state index >= 15 is 0 Å². The quantitative estimate of drug-likeness (QED) is 0.335. The average Bonchev–Trinajstić information content (AvgIpc) is 3.28. The van der Waals surface area contributed by atoms with Crippen LogP contribution in [0.3, 0.4) is 0 Å². The number of hydrogen-bond acceptors (Lipinski definition) is 8. The van der Waals surface area contributed by atoms with Gasteiger partial charge in [-0.25, -0.2) is 4.68 Å². The standard InChI is InChI=1S/C22H29N7O3/c1-3-32-20(30)12-29-11-19(26-27-29)13-4-7-17(18(23)8-13)21(24)22(31)25-14-9-15-5-6-16(10-14)28(15)2/h4,7-8,11,14-16,24H,3,5-6,9-10,12,23H2,1-2H3,(H,25,31). The van der Waals surface area contributed by atoms with Crippen molar-refractivity contribution in [3.05, 3.63) is 30.0 Å². The van der Waals surface area contributed by atoms with Crippen molar-refractivity contribution < 1.29 is 14.3 Å². The van der Waals surface area contributed by atoms with Crippen LogP contribution >= 0.6 is 0 Å². The van der Waals surface area contributed by atoms with E-state index in [4.69, 9.17) is 15.9 Å². The van der Waals surface area contributed by atoms with E-state index in [2.05, 4.69) is 27.6 Å². The first kappa shape index (κ1) is 21.9. The van der Waals surface area contributed by atoms with Crippen molar-refractivity contribution in [3.8, 4) is 11.3 Å². The van der Waals surface area contributed by atoms with E-state index < -0.39 is 11.9 Å². The number of amides is 1. The van der Waals surface area contributed by atoms with Crippen LogP contribution in [-0.4, -0.2) is 69.3 Å². The Morgan fingerprint density at radius 2 is 2.00 bits per heavy atom. The van der Waals surface area contributed by atoms with Crippen molar-refractivity contribution in [3.63, 3.8) is 0 Å². The molecule has 32 heavy (non-hydrogen) atoms. The van der Waals surface area contributed by atoms with Crippen LogP contribution in [0.2, 0.25) is 0 Å². The highest BCUT2D eigenvalue weighted by molar-refractivity contribution is 6.45. The van der Waals surface area contributed by atoms with Gasteiger partial charge in [-0.2, -0.15) is 0 Å². The minimum absolute atomic E-state index is 0.0299. The molecule has 0 aliphatic carbocycles. The number of ether oxygens (including phenoxy) is 1. The van der Waals surface area contributed by atoms with E-state index in [0.717, 1.165) is 12.8 Å². The van der Waals surface area contributed by atoms with Crippen LogP contribution < -0.4 is 11.1 Å². The predicted octanol–water partition coefficient (Wildman–Crippen LogP) is 1.20. The smallest absolute Gasteiger partial charge is 0.327 e. The van der Waals surface area contributed by atoms with Gasteiger partial charge >= 0.3 is 5.97 Å². The van der Waals surface area contributed by atoms with E-state index in [0.29, 0.717) is 41.2 Å². The summed E-state index contributed by atoms with van der Waals surface area (Å²) in [7, 11) is 2.15. The zero-order valence-corrected chi connectivity index (χ0v) is 18.4. The van der Waals surface area contributed by atoms with Crippen LogP contribution in [0.5, 0.6) is 0 Å². The average molecular weight is 440 g/mol. The number of nitrogens with two attached hydrogens (primary N) is 1. The molecule has 10 heteroatoms. The van der Waals surface area contributed by atoms with Gasteiger partial charge in [0.1, 0.15) is 18.0 Å². The summed E-state index contributed by atoms with van der Waals surface area (Å²) in [5.74, 6) is -0.797. The lowest BCUT2D eigenvalue weighted by Crippen LogP contribution is -2.50. The van der Waals surface area contributed by atoms with E-state index in [-0.39, 0.29) is 18.3 Å². The molecule has 2 aromatic rings. The van der Waals surface area contributed by atoms with Crippen molar-refractivity contribution in [1.82, 2.24) is 25.2 Å². The number of anilines is 1. The Hall–Kier alpha value is -3.27. The molecular weight excluding hydrogens is 410 g/mol. The third-order valence-corrected chi connectivity index (χ3v) is 6.41. The Labute approximate surface area is 186 Å².